The molecule has 1 N–H and O–H groups in total. The highest BCUT2D eigenvalue weighted by Crippen LogP contribution is 2.30. The Labute approximate surface area is 138 Å². The van der Waals surface area contributed by atoms with Crippen LogP contribution in [-0.4, -0.2) is 27.5 Å². The lowest BCUT2D eigenvalue weighted by molar-refractivity contribution is 0.0600. The number of hydrogen-bond donors (Lipinski definition) is 1. The summed E-state index contributed by atoms with van der Waals surface area (Å²) in [6.07, 6.45) is 3.09. The van der Waals surface area contributed by atoms with E-state index in [0.717, 1.165) is 19.3 Å². The molecule has 0 radical (unpaired) electrons. The number of rotatable bonds is 5. The first-order chi connectivity index (χ1) is 10.8. The maximum atomic E-state index is 12.4. The zero-order valence-corrected chi connectivity index (χ0v) is 14.7. The molecule has 0 heterocycles. The van der Waals surface area contributed by atoms with Crippen LogP contribution in [0.3, 0.4) is 0 Å². The molecule has 0 spiro atoms. The number of carbonyl (C=O) groups excluding carboxylic acids is 1. The quantitative estimate of drug-likeness (QED) is 0.837. The molecule has 6 heteroatoms. The molecule has 23 heavy (non-hydrogen) atoms. The van der Waals surface area contributed by atoms with Crippen LogP contribution < -0.4 is 4.72 Å². The Morgan fingerprint density at radius 3 is 2.74 bits per heavy atom. The standard InChI is InChI=1S/C17H25NO4S/c1-12-6-4-9-16(13(12)2)18-23(20,21)11-14-7-5-8-15(10-14)17(19)22-3/h5,7-8,10,12-13,16,18H,4,6,9,11H2,1-3H3. The Morgan fingerprint density at radius 1 is 1.30 bits per heavy atom. The van der Waals surface area contributed by atoms with E-state index in [1.54, 1.807) is 24.3 Å². The summed E-state index contributed by atoms with van der Waals surface area (Å²) in [5.74, 6) is 0.265. The highest BCUT2D eigenvalue weighted by Gasteiger charge is 2.30. The number of carbonyl (C=O) groups is 1. The minimum absolute atomic E-state index is 0.00691. The third kappa shape index (κ3) is 4.78. The van der Waals surface area contributed by atoms with Crippen molar-refractivity contribution in [2.75, 3.05) is 7.11 Å². The molecule has 1 aromatic carbocycles. The summed E-state index contributed by atoms with van der Waals surface area (Å²) >= 11 is 0. The van der Waals surface area contributed by atoms with E-state index >= 15 is 0 Å². The molecule has 1 saturated carbocycles. The van der Waals surface area contributed by atoms with Gasteiger partial charge in [0.15, 0.2) is 0 Å². The molecular formula is C17H25NO4S. The minimum Gasteiger partial charge on any atom is -0.465 e. The lowest BCUT2D eigenvalue weighted by Crippen LogP contribution is -2.44. The van der Waals surface area contributed by atoms with Crippen LogP contribution in [0.15, 0.2) is 24.3 Å². The lowest BCUT2D eigenvalue weighted by atomic mass is 9.78. The van der Waals surface area contributed by atoms with E-state index in [4.69, 9.17) is 0 Å². The van der Waals surface area contributed by atoms with E-state index in [2.05, 4.69) is 23.3 Å². The van der Waals surface area contributed by atoms with Crippen LogP contribution in [-0.2, 0) is 20.5 Å². The van der Waals surface area contributed by atoms with Gasteiger partial charge in [-0.05, 0) is 36.0 Å². The Morgan fingerprint density at radius 2 is 2.04 bits per heavy atom. The molecule has 0 amide bonds. The molecule has 1 aromatic rings. The number of esters is 1. The van der Waals surface area contributed by atoms with Crippen molar-refractivity contribution >= 4 is 16.0 Å². The van der Waals surface area contributed by atoms with E-state index in [9.17, 15) is 13.2 Å². The highest BCUT2D eigenvalue weighted by molar-refractivity contribution is 7.88. The zero-order valence-electron chi connectivity index (χ0n) is 13.9. The fourth-order valence-corrected chi connectivity index (χ4v) is 4.64. The van der Waals surface area contributed by atoms with Crippen molar-refractivity contribution in [2.45, 2.75) is 44.9 Å². The first kappa shape index (κ1) is 17.9. The summed E-state index contributed by atoms with van der Waals surface area (Å²) in [4.78, 5) is 11.5. The molecule has 1 aliphatic rings. The molecule has 5 nitrogen and oxygen atoms in total. The summed E-state index contributed by atoms with van der Waals surface area (Å²) in [7, 11) is -2.14. The van der Waals surface area contributed by atoms with Crippen LogP contribution in [0.4, 0.5) is 0 Å². The van der Waals surface area contributed by atoms with Gasteiger partial charge < -0.3 is 4.74 Å². The number of methoxy groups -OCH3 is 1. The molecule has 0 saturated heterocycles. The number of benzene rings is 1. The van der Waals surface area contributed by atoms with Crippen LogP contribution in [0, 0.1) is 11.8 Å². The van der Waals surface area contributed by atoms with Gasteiger partial charge in [0.05, 0.1) is 18.4 Å². The van der Waals surface area contributed by atoms with Crippen LogP contribution >= 0.6 is 0 Å². The number of sulfonamides is 1. The second kappa shape index (κ2) is 7.45. The maximum absolute atomic E-state index is 12.4. The fourth-order valence-electron chi connectivity index (χ4n) is 3.15. The van der Waals surface area contributed by atoms with Crippen LogP contribution in [0.25, 0.3) is 0 Å². The van der Waals surface area contributed by atoms with Gasteiger partial charge in [-0.1, -0.05) is 38.8 Å². The number of nitrogens with one attached hydrogen (secondary N) is 1. The third-order valence-corrected chi connectivity index (χ3v) is 6.12. The average molecular weight is 339 g/mol. The van der Waals surface area contributed by atoms with Gasteiger partial charge in [-0.2, -0.15) is 0 Å². The highest BCUT2D eigenvalue weighted by atomic mass is 32.2. The molecule has 0 aromatic heterocycles. The number of hydrogen-bond acceptors (Lipinski definition) is 4. The Bertz CT molecular complexity index is 656. The normalized spacial score (nSPS) is 25.1. The van der Waals surface area contributed by atoms with E-state index in [1.807, 2.05) is 0 Å². The van der Waals surface area contributed by atoms with Gasteiger partial charge in [0, 0.05) is 6.04 Å². The summed E-state index contributed by atoms with van der Waals surface area (Å²) in [6, 6.07) is 6.55. The van der Waals surface area contributed by atoms with Gasteiger partial charge in [0.1, 0.15) is 0 Å². The lowest BCUT2D eigenvalue weighted by Gasteiger charge is -2.34. The van der Waals surface area contributed by atoms with Gasteiger partial charge in [-0.15, -0.1) is 0 Å². The van der Waals surface area contributed by atoms with E-state index < -0.39 is 16.0 Å². The van der Waals surface area contributed by atoms with Crippen LogP contribution in [0.1, 0.15) is 49.0 Å². The Hall–Kier alpha value is -1.40. The summed E-state index contributed by atoms with van der Waals surface area (Å²) in [6.45, 7) is 4.28. The monoisotopic (exact) mass is 339 g/mol. The van der Waals surface area contributed by atoms with E-state index in [0.29, 0.717) is 23.0 Å². The van der Waals surface area contributed by atoms with Gasteiger partial charge in [0.25, 0.3) is 0 Å². The largest absolute Gasteiger partial charge is 0.465 e. The maximum Gasteiger partial charge on any atom is 0.337 e. The number of ether oxygens (including phenoxy) is 1. The molecule has 2 rings (SSSR count). The second-order valence-corrected chi connectivity index (χ2v) is 8.20. The molecule has 1 aliphatic carbocycles. The first-order valence-electron chi connectivity index (χ1n) is 7.99. The molecule has 3 atom stereocenters. The van der Waals surface area contributed by atoms with Crippen LogP contribution in [0.2, 0.25) is 0 Å². The van der Waals surface area contributed by atoms with Crippen molar-refractivity contribution in [3.8, 4) is 0 Å². The predicted molar refractivity (Wildman–Crippen MR) is 89.5 cm³/mol. The van der Waals surface area contributed by atoms with Gasteiger partial charge >= 0.3 is 5.97 Å². The summed E-state index contributed by atoms with van der Waals surface area (Å²) in [5.41, 5.74) is 0.941. The average Bonchev–Trinajstić information content (AvgIpc) is 2.50. The van der Waals surface area contributed by atoms with Gasteiger partial charge in [-0.25, -0.2) is 17.9 Å². The molecule has 128 valence electrons. The molecular weight excluding hydrogens is 314 g/mol. The summed E-state index contributed by atoms with van der Waals surface area (Å²) < 4.78 is 32.4. The predicted octanol–water partition coefficient (Wildman–Crippen LogP) is 2.72. The van der Waals surface area contributed by atoms with E-state index in [-0.39, 0.29) is 11.8 Å². The molecule has 3 unspecified atom stereocenters. The van der Waals surface area contributed by atoms with Crippen molar-refractivity contribution in [1.82, 2.24) is 4.72 Å². The molecule has 0 bridgehead atoms. The van der Waals surface area contributed by atoms with Crippen molar-refractivity contribution in [3.05, 3.63) is 35.4 Å². The second-order valence-electron chi connectivity index (χ2n) is 6.44. The molecule has 1 fully saturated rings. The smallest absolute Gasteiger partial charge is 0.337 e. The topological polar surface area (TPSA) is 72.5 Å². The van der Waals surface area contributed by atoms with Crippen molar-refractivity contribution in [2.24, 2.45) is 11.8 Å². The zero-order chi connectivity index (χ0) is 17.0. The Balaban J connectivity index is 2.08. The van der Waals surface area contributed by atoms with Crippen molar-refractivity contribution < 1.29 is 17.9 Å². The molecule has 0 aliphatic heterocycles. The SMILES string of the molecule is COC(=O)c1cccc(CS(=O)(=O)NC2CCCC(C)C2C)c1. The van der Waals surface area contributed by atoms with Crippen molar-refractivity contribution in [1.29, 1.82) is 0 Å². The Kier molecular flexibility index (Phi) is 5.81. The van der Waals surface area contributed by atoms with Gasteiger partial charge in [-0.3, -0.25) is 0 Å². The van der Waals surface area contributed by atoms with Crippen LogP contribution in [0.5, 0.6) is 0 Å². The minimum atomic E-state index is -3.44. The first-order valence-corrected chi connectivity index (χ1v) is 9.65. The fraction of sp³-hybridized carbons (Fsp3) is 0.588. The van der Waals surface area contributed by atoms with Gasteiger partial charge in [0.2, 0.25) is 10.0 Å². The van der Waals surface area contributed by atoms with Crippen molar-refractivity contribution in [3.63, 3.8) is 0 Å². The third-order valence-electron chi connectivity index (χ3n) is 4.74. The summed E-state index contributed by atoms with van der Waals surface area (Å²) in [5, 5.41) is 0. The van der Waals surface area contributed by atoms with E-state index in [1.165, 1.54) is 7.11 Å².